The van der Waals surface area contributed by atoms with Gasteiger partial charge in [-0.1, -0.05) is 67.0 Å². The van der Waals surface area contributed by atoms with E-state index in [9.17, 15) is 10.2 Å². The first-order valence-electron chi connectivity index (χ1n) is 11.6. The fraction of sp³-hybridized carbons (Fsp3) is 0.538. The SMILES string of the molecule is CCCC(c1cc(C)cc(O)c1C(C)(C)C)c1cc(C)cc(O)c1C(C)(C)C.OP(O)OP(O)O. The molecule has 0 heterocycles. The third-order valence-electron chi connectivity index (χ3n) is 5.56. The van der Waals surface area contributed by atoms with E-state index in [0.717, 1.165) is 35.1 Å². The minimum absolute atomic E-state index is 0.130. The molecule has 6 N–H and O–H groups in total. The molecule has 198 valence electrons. The van der Waals surface area contributed by atoms with Gasteiger partial charge >= 0.3 is 17.2 Å². The normalized spacial score (nSPS) is 12.3. The standard InChI is InChI=1S/C26H38O2.H4O5P2/c1-10-11-18(19-12-16(2)14-21(27)23(19)25(4,5)6)20-13-17(3)15-22(28)24(20)26(7,8)9;1-6(2)5-7(3)4/h12-15,18,27-28H,10-11H2,1-9H3;1-4H. The zero-order valence-corrected chi connectivity index (χ0v) is 24.1. The van der Waals surface area contributed by atoms with Crippen LogP contribution in [0.15, 0.2) is 24.3 Å². The van der Waals surface area contributed by atoms with Crippen molar-refractivity contribution in [3.05, 3.63) is 57.6 Å². The summed E-state index contributed by atoms with van der Waals surface area (Å²) in [6.45, 7) is 19.2. The van der Waals surface area contributed by atoms with Crippen molar-refractivity contribution in [2.24, 2.45) is 0 Å². The molecule has 2 rings (SSSR count). The third-order valence-corrected chi connectivity index (χ3v) is 6.73. The van der Waals surface area contributed by atoms with Crippen molar-refractivity contribution >= 4 is 17.2 Å². The van der Waals surface area contributed by atoms with Crippen LogP contribution in [0.2, 0.25) is 0 Å². The second kappa shape index (κ2) is 12.8. The molecule has 0 aliphatic heterocycles. The monoisotopic (exact) mass is 528 g/mol. The molecule has 9 heteroatoms. The maximum Gasteiger partial charge on any atom is 0.334 e. The maximum absolute atomic E-state index is 10.9. The highest BCUT2D eigenvalue weighted by atomic mass is 31.2. The van der Waals surface area contributed by atoms with Crippen LogP contribution in [0.25, 0.3) is 0 Å². The van der Waals surface area contributed by atoms with E-state index >= 15 is 0 Å². The lowest BCUT2D eigenvalue weighted by molar-refractivity contribution is 0.324. The smallest absolute Gasteiger partial charge is 0.334 e. The van der Waals surface area contributed by atoms with Gasteiger partial charge in [0.05, 0.1) is 0 Å². The Labute approximate surface area is 212 Å². The van der Waals surface area contributed by atoms with Crippen LogP contribution in [-0.2, 0) is 15.1 Å². The lowest BCUT2D eigenvalue weighted by Crippen LogP contribution is -2.21. The molecule has 2 aromatic rings. The van der Waals surface area contributed by atoms with E-state index in [1.54, 1.807) is 0 Å². The lowest BCUT2D eigenvalue weighted by Gasteiger charge is -2.33. The highest BCUT2D eigenvalue weighted by Crippen LogP contribution is 2.46. The van der Waals surface area contributed by atoms with E-state index in [1.807, 2.05) is 26.0 Å². The Balaban J connectivity index is 0.000000762. The van der Waals surface area contributed by atoms with Crippen LogP contribution in [0.3, 0.4) is 0 Å². The second-order valence-corrected chi connectivity index (χ2v) is 12.6. The molecule has 0 aliphatic carbocycles. The number of benzene rings is 2. The molecule has 2 aromatic carbocycles. The molecule has 0 amide bonds. The van der Waals surface area contributed by atoms with Crippen LogP contribution in [0.1, 0.15) is 101 Å². The van der Waals surface area contributed by atoms with E-state index in [0.29, 0.717) is 11.5 Å². The average molecular weight is 529 g/mol. The maximum atomic E-state index is 10.9. The van der Waals surface area contributed by atoms with Crippen LogP contribution in [0.5, 0.6) is 11.5 Å². The van der Waals surface area contributed by atoms with Crippen LogP contribution in [0, 0.1) is 13.8 Å². The molecule has 7 nitrogen and oxygen atoms in total. The van der Waals surface area contributed by atoms with E-state index in [4.69, 9.17) is 19.6 Å². The van der Waals surface area contributed by atoms with Crippen LogP contribution < -0.4 is 0 Å². The number of phenolic OH excluding ortho intramolecular Hbond substituents is 2. The third kappa shape index (κ3) is 9.26. The van der Waals surface area contributed by atoms with E-state index < -0.39 is 17.2 Å². The average Bonchev–Trinajstić information content (AvgIpc) is 2.61. The molecule has 0 radical (unpaired) electrons. The van der Waals surface area contributed by atoms with Crippen LogP contribution in [0.4, 0.5) is 0 Å². The van der Waals surface area contributed by atoms with Gasteiger partial charge in [-0.3, -0.25) is 0 Å². The minimum atomic E-state index is -2.61. The van der Waals surface area contributed by atoms with E-state index in [2.05, 4.69) is 64.9 Å². The topological polar surface area (TPSA) is 131 Å². The largest absolute Gasteiger partial charge is 0.508 e. The van der Waals surface area contributed by atoms with Gasteiger partial charge < -0.3 is 29.8 Å². The summed E-state index contributed by atoms with van der Waals surface area (Å²) in [5.41, 5.74) is 6.17. The lowest BCUT2D eigenvalue weighted by atomic mass is 9.72. The van der Waals surface area contributed by atoms with Gasteiger partial charge in [0.2, 0.25) is 0 Å². The molecule has 0 aliphatic rings. The molecule has 0 spiro atoms. The minimum Gasteiger partial charge on any atom is -0.508 e. The first-order chi connectivity index (χ1) is 15.9. The molecule has 0 aromatic heterocycles. The van der Waals surface area contributed by atoms with E-state index in [1.165, 1.54) is 11.1 Å². The highest BCUT2D eigenvalue weighted by molar-refractivity contribution is 7.53. The number of hydrogen-bond acceptors (Lipinski definition) is 7. The van der Waals surface area contributed by atoms with Crippen molar-refractivity contribution in [2.75, 3.05) is 0 Å². The summed E-state index contributed by atoms with van der Waals surface area (Å²) in [4.78, 5) is 31.3. The Morgan fingerprint density at radius 1 is 0.714 bits per heavy atom. The summed E-state index contributed by atoms with van der Waals surface area (Å²) in [7, 11) is -5.22. The fourth-order valence-corrected chi connectivity index (χ4v) is 5.13. The quantitative estimate of drug-likeness (QED) is 0.231. The molecular weight excluding hydrogens is 486 g/mol. The Kier molecular flexibility index (Phi) is 11.6. The van der Waals surface area contributed by atoms with Gasteiger partial charge in [0.25, 0.3) is 0 Å². The zero-order valence-electron chi connectivity index (χ0n) is 22.3. The summed E-state index contributed by atoms with van der Waals surface area (Å²) < 4.78 is 3.60. The zero-order chi connectivity index (χ0) is 27.3. The second-order valence-electron chi connectivity index (χ2n) is 10.9. The van der Waals surface area contributed by atoms with Crippen molar-refractivity contribution < 1.29 is 34.1 Å². The van der Waals surface area contributed by atoms with Crippen molar-refractivity contribution in [1.82, 2.24) is 0 Å². The van der Waals surface area contributed by atoms with Crippen molar-refractivity contribution in [1.29, 1.82) is 0 Å². The number of hydrogen-bond donors (Lipinski definition) is 6. The van der Waals surface area contributed by atoms with Gasteiger partial charge in [0.15, 0.2) is 0 Å². The molecule has 0 fully saturated rings. The summed E-state index contributed by atoms with van der Waals surface area (Å²) in [6.07, 6.45) is 2.00. The van der Waals surface area contributed by atoms with Gasteiger partial charge in [0, 0.05) is 17.0 Å². The van der Waals surface area contributed by atoms with Gasteiger partial charge in [-0.25, -0.2) is 4.31 Å². The van der Waals surface area contributed by atoms with Crippen molar-refractivity contribution in [3.8, 4) is 11.5 Å². The van der Waals surface area contributed by atoms with Gasteiger partial charge in [-0.05, 0) is 65.5 Å². The molecule has 35 heavy (non-hydrogen) atoms. The van der Waals surface area contributed by atoms with Crippen LogP contribution >= 0.6 is 17.2 Å². The van der Waals surface area contributed by atoms with Gasteiger partial charge in [-0.2, -0.15) is 0 Å². The first-order valence-corrected chi connectivity index (χ1v) is 13.9. The van der Waals surface area contributed by atoms with Gasteiger partial charge in [0.1, 0.15) is 11.5 Å². The molecular formula is C26H42O7P2. The fourth-order valence-electron chi connectivity index (χ4n) is 4.61. The van der Waals surface area contributed by atoms with E-state index in [-0.39, 0.29) is 16.7 Å². The van der Waals surface area contributed by atoms with Gasteiger partial charge in [-0.15, -0.1) is 0 Å². The predicted molar refractivity (Wildman–Crippen MR) is 144 cm³/mol. The molecule has 0 atom stereocenters. The first kappa shape index (κ1) is 31.7. The number of aromatic hydroxyl groups is 2. The summed E-state index contributed by atoms with van der Waals surface area (Å²) in [5, 5.41) is 21.7. The predicted octanol–water partition coefficient (Wildman–Crippen LogP) is 6.67. The number of aryl methyl sites for hydroxylation is 2. The summed E-state index contributed by atoms with van der Waals surface area (Å²) in [6, 6.07) is 8.19. The number of rotatable bonds is 6. The number of phenols is 2. The van der Waals surface area contributed by atoms with Crippen molar-refractivity contribution in [2.45, 2.75) is 91.9 Å². The molecule has 0 saturated heterocycles. The molecule has 0 saturated carbocycles. The Morgan fingerprint density at radius 2 is 1.06 bits per heavy atom. The Morgan fingerprint density at radius 3 is 1.29 bits per heavy atom. The molecule has 0 bridgehead atoms. The van der Waals surface area contributed by atoms with Crippen LogP contribution in [-0.4, -0.2) is 29.8 Å². The summed E-state index contributed by atoms with van der Waals surface area (Å²) >= 11 is 0. The van der Waals surface area contributed by atoms with Crippen molar-refractivity contribution in [3.63, 3.8) is 0 Å². The Bertz CT molecular complexity index is 902. The Hall–Kier alpha value is -1.30. The highest BCUT2D eigenvalue weighted by Gasteiger charge is 2.31. The summed E-state index contributed by atoms with van der Waals surface area (Å²) in [5.74, 6) is 0.876. The molecule has 0 unspecified atom stereocenters.